The summed E-state index contributed by atoms with van der Waals surface area (Å²) in [5.74, 6) is -1.98. The van der Waals surface area contributed by atoms with Crippen LogP contribution in [0.2, 0.25) is 0 Å². The number of hydrogen-bond acceptors (Lipinski definition) is 6. The topological polar surface area (TPSA) is 142 Å². The van der Waals surface area contributed by atoms with Crippen LogP contribution in [0.1, 0.15) is 10.4 Å². The van der Waals surface area contributed by atoms with Crippen molar-refractivity contribution in [2.75, 3.05) is 30.8 Å². The second kappa shape index (κ2) is 6.41. The summed E-state index contributed by atoms with van der Waals surface area (Å²) in [5.41, 5.74) is 16.6. The van der Waals surface area contributed by atoms with Gasteiger partial charge in [0.15, 0.2) is 0 Å². The van der Waals surface area contributed by atoms with E-state index in [2.05, 4.69) is 4.74 Å². The first-order chi connectivity index (χ1) is 9.35. The van der Waals surface area contributed by atoms with E-state index in [1.807, 2.05) is 0 Å². The molecule has 8 heteroatoms. The molecule has 6 N–H and O–H groups in total. The zero-order valence-electron chi connectivity index (χ0n) is 11.0. The summed E-state index contributed by atoms with van der Waals surface area (Å²) in [4.78, 5) is 35.2. The van der Waals surface area contributed by atoms with Crippen molar-refractivity contribution < 1.29 is 19.1 Å². The summed E-state index contributed by atoms with van der Waals surface area (Å²) in [6.07, 6.45) is 0. The average Bonchev–Trinajstić information content (AvgIpc) is 2.35. The summed E-state index contributed by atoms with van der Waals surface area (Å²) in [7, 11) is 1.21. The lowest BCUT2D eigenvalue weighted by Gasteiger charge is -2.23. The number of rotatable bonds is 6. The predicted octanol–water partition coefficient (Wildman–Crippen LogP) is -1.17. The molecule has 8 nitrogen and oxygen atoms in total. The van der Waals surface area contributed by atoms with Gasteiger partial charge in [0, 0.05) is 5.69 Å². The average molecular weight is 280 g/mol. The van der Waals surface area contributed by atoms with Gasteiger partial charge in [0.05, 0.1) is 31.5 Å². The van der Waals surface area contributed by atoms with Gasteiger partial charge in [-0.2, -0.15) is 0 Å². The van der Waals surface area contributed by atoms with Gasteiger partial charge in [-0.25, -0.2) is 4.79 Å². The highest BCUT2D eigenvalue weighted by Gasteiger charge is 2.20. The van der Waals surface area contributed by atoms with E-state index in [4.69, 9.17) is 17.2 Å². The number of anilines is 2. The monoisotopic (exact) mass is 280 g/mol. The predicted molar refractivity (Wildman–Crippen MR) is 72.8 cm³/mol. The number of esters is 1. The highest BCUT2D eigenvalue weighted by molar-refractivity contribution is 5.98. The summed E-state index contributed by atoms with van der Waals surface area (Å²) in [6, 6.07) is 4.40. The molecule has 0 saturated heterocycles. The molecular formula is C12H16N4O4. The highest BCUT2D eigenvalue weighted by Crippen LogP contribution is 2.23. The lowest BCUT2D eigenvalue weighted by molar-refractivity contribution is -0.117. The molecule has 20 heavy (non-hydrogen) atoms. The zero-order valence-corrected chi connectivity index (χ0v) is 11.0. The van der Waals surface area contributed by atoms with E-state index in [9.17, 15) is 14.4 Å². The van der Waals surface area contributed by atoms with Crippen molar-refractivity contribution in [3.8, 4) is 0 Å². The van der Waals surface area contributed by atoms with Crippen LogP contribution in [0.5, 0.6) is 0 Å². The van der Waals surface area contributed by atoms with E-state index >= 15 is 0 Å². The molecule has 0 heterocycles. The molecule has 0 unspecified atom stereocenters. The minimum atomic E-state index is -0.668. The fourth-order valence-electron chi connectivity index (χ4n) is 1.71. The van der Waals surface area contributed by atoms with Crippen LogP contribution >= 0.6 is 0 Å². The number of carbonyl (C=O) groups excluding carboxylic acids is 3. The van der Waals surface area contributed by atoms with Gasteiger partial charge in [-0.1, -0.05) is 0 Å². The number of amides is 2. The molecular weight excluding hydrogens is 264 g/mol. The van der Waals surface area contributed by atoms with E-state index in [1.165, 1.54) is 30.2 Å². The second-order valence-corrected chi connectivity index (χ2v) is 4.06. The number of benzene rings is 1. The first-order valence-electron chi connectivity index (χ1n) is 5.64. The lowest BCUT2D eigenvalue weighted by Crippen LogP contribution is -2.40. The SMILES string of the molecule is COC(=O)c1cc(N)ccc1N(CC(N)=O)CC(N)=O. The molecule has 0 aliphatic heterocycles. The van der Waals surface area contributed by atoms with Crippen LogP contribution < -0.4 is 22.1 Å². The number of nitrogen functional groups attached to an aromatic ring is 1. The largest absolute Gasteiger partial charge is 0.465 e. The van der Waals surface area contributed by atoms with Crippen molar-refractivity contribution in [2.24, 2.45) is 11.5 Å². The van der Waals surface area contributed by atoms with Crippen LogP contribution in [-0.2, 0) is 14.3 Å². The van der Waals surface area contributed by atoms with E-state index in [0.717, 1.165) is 0 Å². The Labute approximate surface area is 115 Å². The molecule has 1 rings (SSSR count). The van der Waals surface area contributed by atoms with Gasteiger partial charge in [-0.05, 0) is 18.2 Å². The van der Waals surface area contributed by atoms with Gasteiger partial charge in [0.1, 0.15) is 0 Å². The van der Waals surface area contributed by atoms with E-state index in [-0.39, 0.29) is 18.7 Å². The smallest absolute Gasteiger partial charge is 0.340 e. The van der Waals surface area contributed by atoms with Crippen molar-refractivity contribution in [1.82, 2.24) is 0 Å². The zero-order chi connectivity index (χ0) is 15.3. The van der Waals surface area contributed by atoms with Crippen molar-refractivity contribution in [3.63, 3.8) is 0 Å². The first-order valence-corrected chi connectivity index (χ1v) is 5.64. The molecule has 0 atom stereocenters. The highest BCUT2D eigenvalue weighted by atomic mass is 16.5. The maximum atomic E-state index is 11.7. The van der Waals surface area contributed by atoms with Crippen molar-refractivity contribution in [2.45, 2.75) is 0 Å². The fraction of sp³-hybridized carbons (Fsp3) is 0.250. The van der Waals surface area contributed by atoms with Crippen LogP contribution in [0, 0.1) is 0 Å². The third-order valence-corrected chi connectivity index (χ3v) is 2.46. The van der Waals surface area contributed by atoms with Crippen LogP contribution in [0.4, 0.5) is 11.4 Å². The minimum absolute atomic E-state index is 0.120. The number of carbonyl (C=O) groups is 3. The number of primary amides is 2. The molecule has 1 aromatic rings. The number of hydrogen-bond donors (Lipinski definition) is 3. The second-order valence-electron chi connectivity index (χ2n) is 4.06. The molecule has 0 saturated carbocycles. The maximum absolute atomic E-state index is 11.7. The van der Waals surface area contributed by atoms with Crippen LogP contribution in [0.3, 0.4) is 0 Å². The maximum Gasteiger partial charge on any atom is 0.340 e. The van der Waals surface area contributed by atoms with Crippen LogP contribution in [-0.4, -0.2) is 38.0 Å². The fourth-order valence-corrected chi connectivity index (χ4v) is 1.71. The molecule has 0 aliphatic carbocycles. The Morgan fingerprint density at radius 2 is 1.70 bits per heavy atom. The Bertz CT molecular complexity index is 528. The van der Waals surface area contributed by atoms with E-state index in [0.29, 0.717) is 11.4 Å². The Morgan fingerprint density at radius 1 is 1.15 bits per heavy atom. The van der Waals surface area contributed by atoms with Gasteiger partial charge in [0.2, 0.25) is 11.8 Å². The first kappa shape index (κ1) is 15.3. The third kappa shape index (κ3) is 3.87. The molecule has 1 aromatic carbocycles. The van der Waals surface area contributed by atoms with Gasteiger partial charge < -0.3 is 26.8 Å². The van der Waals surface area contributed by atoms with Crippen molar-refractivity contribution in [1.29, 1.82) is 0 Å². The molecule has 0 spiro atoms. The van der Waals surface area contributed by atoms with Crippen molar-refractivity contribution in [3.05, 3.63) is 23.8 Å². The summed E-state index contributed by atoms with van der Waals surface area (Å²) in [5, 5.41) is 0. The van der Waals surface area contributed by atoms with Gasteiger partial charge in [-0.3, -0.25) is 9.59 Å². The Morgan fingerprint density at radius 3 is 2.15 bits per heavy atom. The Kier molecular flexibility index (Phi) is 4.90. The molecule has 0 bridgehead atoms. The summed E-state index contributed by atoms with van der Waals surface area (Å²) in [6.45, 7) is -0.534. The molecule has 0 radical (unpaired) electrons. The van der Waals surface area contributed by atoms with Crippen LogP contribution in [0.15, 0.2) is 18.2 Å². The quantitative estimate of drug-likeness (QED) is 0.443. The Balaban J connectivity index is 3.27. The molecule has 108 valence electrons. The molecule has 0 aromatic heterocycles. The van der Waals surface area contributed by atoms with Gasteiger partial charge >= 0.3 is 5.97 Å². The molecule has 0 fully saturated rings. The van der Waals surface area contributed by atoms with E-state index < -0.39 is 17.8 Å². The number of nitrogens with two attached hydrogens (primary N) is 3. The number of ether oxygens (including phenoxy) is 1. The summed E-state index contributed by atoms with van der Waals surface area (Å²) >= 11 is 0. The minimum Gasteiger partial charge on any atom is -0.465 e. The van der Waals surface area contributed by atoms with Gasteiger partial charge in [0.25, 0.3) is 0 Å². The summed E-state index contributed by atoms with van der Waals surface area (Å²) < 4.78 is 4.64. The standard InChI is InChI=1S/C12H16N4O4/c1-20-12(19)8-4-7(13)2-3-9(8)16(5-10(14)17)6-11(15)18/h2-4H,5-6,13H2,1H3,(H2,14,17)(H2,15,18). The Hall–Kier alpha value is -2.77. The number of methoxy groups -OCH3 is 1. The van der Waals surface area contributed by atoms with E-state index in [1.54, 1.807) is 0 Å². The van der Waals surface area contributed by atoms with Crippen molar-refractivity contribution >= 4 is 29.2 Å². The van der Waals surface area contributed by atoms with Crippen LogP contribution in [0.25, 0.3) is 0 Å². The molecule has 2 amide bonds. The lowest BCUT2D eigenvalue weighted by atomic mass is 10.1. The third-order valence-electron chi connectivity index (χ3n) is 2.46. The van der Waals surface area contributed by atoms with Gasteiger partial charge in [-0.15, -0.1) is 0 Å². The number of nitrogens with zero attached hydrogens (tertiary/aromatic N) is 1. The normalized spacial score (nSPS) is 9.85. The molecule has 0 aliphatic rings.